The predicted octanol–water partition coefficient (Wildman–Crippen LogP) is 1.57. The summed E-state index contributed by atoms with van der Waals surface area (Å²) in [4.78, 5) is 15.6. The van der Waals surface area contributed by atoms with Gasteiger partial charge in [0, 0.05) is 6.26 Å². The summed E-state index contributed by atoms with van der Waals surface area (Å²) < 4.78 is 23.5. The number of carbonyl (C=O) groups excluding carboxylic acids is 1. The van der Waals surface area contributed by atoms with E-state index in [9.17, 15) is 13.2 Å². The monoisotopic (exact) mass is 302 g/mol. The van der Waals surface area contributed by atoms with Crippen LogP contribution in [0.5, 0.6) is 0 Å². The lowest BCUT2D eigenvalue weighted by Crippen LogP contribution is -2.12. The van der Waals surface area contributed by atoms with E-state index in [-0.39, 0.29) is 16.6 Å². The van der Waals surface area contributed by atoms with Crippen LogP contribution < -0.4 is 5.32 Å². The van der Waals surface area contributed by atoms with Gasteiger partial charge in [0.1, 0.15) is 0 Å². The molecule has 18 heavy (non-hydrogen) atoms. The van der Waals surface area contributed by atoms with E-state index in [0.717, 1.165) is 6.26 Å². The number of sulfone groups is 1. The molecule has 0 aliphatic rings. The second-order valence-corrected chi connectivity index (χ2v) is 6.99. The van der Waals surface area contributed by atoms with Crippen LogP contribution in [-0.4, -0.2) is 31.3 Å². The van der Waals surface area contributed by atoms with Gasteiger partial charge in [-0.05, 0) is 18.2 Å². The number of fused-ring (bicyclic) bond motifs is 1. The Kier molecular flexibility index (Phi) is 3.60. The molecule has 1 amide bonds. The van der Waals surface area contributed by atoms with Gasteiger partial charge >= 0.3 is 0 Å². The number of anilines is 1. The first kappa shape index (κ1) is 13.3. The molecule has 0 saturated carbocycles. The minimum Gasteiger partial charge on any atom is -0.301 e. The summed E-state index contributed by atoms with van der Waals surface area (Å²) in [5.74, 6) is -0.175. The highest BCUT2D eigenvalue weighted by Crippen LogP contribution is 2.28. The summed E-state index contributed by atoms with van der Waals surface area (Å²) in [6, 6.07) is 4.68. The van der Waals surface area contributed by atoms with Crippen molar-refractivity contribution in [1.82, 2.24) is 4.98 Å². The van der Waals surface area contributed by atoms with Gasteiger partial charge in [-0.3, -0.25) is 4.79 Å². The number of hydrogen-bond acceptors (Lipinski definition) is 6. The second-order valence-electron chi connectivity index (χ2n) is 3.63. The summed E-state index contributed by atoms with van der Waals surface area (Å²) in [5, 5.41) is 3.02. The first-order valence-corrected chi connectivity index (χ1v) is 8.25. The molecule has 2 aromatic rings. The predicted molar refractivity (Wildman–Crippen MR) is 75.2 cm³/mol. The van der Waals surface area contributed by atoms with Crippen LogP contribution in [0.1, 0.15) is 0 Å². The standard InChI is InChI=1S/C10H10N2O3S3/c1-18(14,15)6-2-3-7-8(4-6)17-10(11-7)12-9(13)5-16/h2-4,16H,5H2,1H3,(H,11,12,13). The molecule has 0 unspecified atom stereocenters. The fourth-order valence-electron chi connectivity index (χ4n) is 1.35. The maximum atomic E-state index is 11.4. The van der Waals surface area contributed by atoms with Gasteiger partial charge in [-0.2, -0.15) is 12.6 Å². The number of thiol groups is 1. The van der Waals surface area contributed by atoms with E-state index in [4.69, 9.17) is 0 Å². The second kappa shape index (κ2) is 4.87. The summed E-state index contributed by atoms with van der Waals surface area (Å²) in [6.07, 6.45) is 1.15. The van der Waals surface area contributed by atoms with E-state index in [0.29, 0.717) is 15.3 Å². The Morgan fingerprint density at radius 1 is 1.50 bits per heavy atom. The Morgan fingerprint density at radius 3 is 2.83 bits per heavy atom. The third-order valence-corrected chi connectivity index (χ3v) is 4.51. The maximum absolute atomic E-state index is 11.4. The van der Waals surface area contributed by atoms with Crippen molar-refractivity contribution < 1.29 is 13.2 Å². The average Bonchev–Trinajstić information content (AvgIpc) is 2.68. The number of nitrogens with zero attached hydrogens (tertiary/aromatic N) is 1. The largest absolute Gasteiger partial charge is 0.301 e. The van der Waals surface area contributed by atoms with Crippen LogP contribution in [0, 0.1) is 0 Å². The lowest BCUT2D eigenvalue weighted by atomic mass is 10.3. The Balaban J connectivity index is 2.43. The lowest BCUT2D eigenvalue weighted by molar-refractivity contribution is -0.113. The summed E-state index contributed by atoms with van der Waals surface area (Å²) in [6.45, 7) is 0. The molecular weight excluding hydrogens is 292 g/mol. The van der Waals surface area contributed by atoms with Crippen LogP contribution >= 0.6 is 24.0 Å². The van der Waals surface area contributed by atoms with E-state index in [1.54, 1.807) is 12.1 Å². The van der Waals surface area contributed by atoms with Gasteiger partial charge in [-0.1, -0.05) is 11.3 Å². The van der Waals surface area contributed by atoms with Gasteiger partial charge in [-0.25, -0.2) is 13.4 Å². The molecule has 1 aromatic carbocycles. The van der Waals surface area contributed by atoms with Crippen LogP contribution in [0.2, 0.25) is 0 Å². The molecule has 2 rings (SSSR count). The minimum atomic E-state index is -3.23. The molecular formula is C10H10N2O3S3. The fraction of sp³-hybridized carbons (Fsp3) is 0.200. The lowest BCUT2D eigenvalue weighted by Gasteiger charge is -1.96. The first-order valence-electron chi connectivity index (χ1n) is 4.91. The summed E-state index contributed by atoms with van der Waals surface area (Å²) in [5.41, 5.74) is 0.655. The molecule has 8 heteroatoms. The van der Waals surface area contributed by atoms with Crippen molar-refractivity contribution in [1.29, 1.82) is 0 Å². The zero-order chi connectivity index (χ0) is 13.3. The number of thiazole rings is 1. The fourth-order valence-corrected chi connectivity index (χ4v) is 3.07. The number of hydrogen-bond donors (Lipinski definition) is 2. The Labute approximate surface area is 114 Å². The molecule has 1 N–H and O–H groups in total. The zero-order valence-electron chi connectivity index (χ0n) is 9.37. The van der Waals surface area contributed by atoms with Gasteiger partial charge < -0.3 is 5.32 Å². The number of benzene rings is 1. The highest BCUT2D eigenvalue weighted by Gasteiger charge is 2.11. The van der Waals surface area contributed by atoms with Gasteiger partial charge in [0.2, 0.25) is 5.91 Å². The van der Waals surface area contributed by atoms with Crippen LogP contribution in [0.4, 0.5) is 5.13 Å². The first-order chi connectivity index (χ1) is 8.40. The summed E-state index contributed by atoms with van der Waals surface area (Å²) >= 11 is 5.08. The smallest absolute Gasteiger partial charge is 0.235 e. The topological polar surface area (TPSA) is 76.1 Å². The van der Waals surface area contributed by atoms with E-state index in [1.165, 1.54) is 17.4 Å². The van der Waals surface area contributed by atoms with E-state index < -0.39 is 9.84 Å². The number of rotatable bonds is 3. The average molecular weight is 302 g/mol. The van der Waals surface area contributed by atoms with Crippen molar-refractivity contribution in [3.8, 4) is 0 Å². The van der Waals surface area contributed by atoms with E-state index in [1.807, 2.05) is 0 Å². The van der Waals surface area contributed by atoms with Gasteiger partial charge in [0.15, 0.2) is 15.0 Å². The number of aromatic nitrogens is 1. The zero-order valence-corrected chi connectivity index (χ0v) is 11.9. The van der Waals surface area contributed by atoms with Crippen molar-refractivity contribution in [2.45, 2.75) is 4.90 Å². The molecule has 0 aliphatic heterocycles. The van der Waals surface area contributed by atoms with Gasteiger partial charge in [-0.15, -0.1) is 0 Å². The SMILES string of the molecule is CS(=O)(=O)c1ccc2nc(NC(=O)CS)sc2c1. The Hall–Kier alpha value is -1.12. The van der Waals surface area contributed by atoms with Crippen molar-refractivity contribution in [3.05, 3.63) is 18.2 Å². The molecule has 0 saturated heterocycles. The maximum Gasteiger partial charge on any atom is 0.235 e. The molecule has 0 atom stereocenters. The molecule has 96 valence electrons. The molecule has 0 radical (unpaired) electrons. The van der Waals surface area contributed by atoms with Gasteiger partial charge in [0.25, 0.3) is 0 Å². The number of carbonyl (C=O) groups is 1. The van der Waals surface area contributed by atoms with Crippen molar-refractivity contribution in [3.63, 3.8) is 0 Å². The molecule has 0 fully saturated rings. The third kappa shape index (κ3) is 2.82. The van der Waals surface area contributed by atoms with Crippen molar-refractivity contribution in [2.75, 3.05) is 17.3 Å². The molecule has 0 aliphatic carbocycles. The molecule has 0 bridgehead atoms. The minimum absolute atomic E-state index is 0.0739. The molecule has 5 nitrogen and oxygen atoms in total. The molecule has 1 aromatic heterocycles. The van der Waals surface area contributed by atoms with Crippen LogP contribution in [0.25, 0.3) is 10.2 Å². The van der Waals surface area contributed by atoms with Crippen LogP contribution in [0.3, 0.4) is 0 Å². The highest BCUT2D eigenvalue weighted by atomic mass is 32.2. The van der Waals surface area contributed by atoms with Gasteiger partial charge in [0.05, 0.1) is 20.9 Å². The van der Waals surface area contributed by atoms with Crippen LogP contribution in [-0.2, 0) is 14.6 Å². The number of amides is 1. The highest BCUT2D eigenvalue weighted by molar-refractivity contribution is 7.90. The molecule has 1 heterocycles. The number of nitrogens with one attached hydrogen (secondary N) is 1. The Morgan fingerprint density at radius 2 is 2.22 bits per heavy atom. The normalized spacial score (nSPS) is 11.7. The Bertz CT molecular complexity index is 706. The quantitative estimate of drug-likeness (QED) is 0.844. The van der Waals surface area contributed by atoms with Crippen LogP contribution in [0.15, 0.2) is 23.1 Å². The molecule has 0 spiro atoms. The van der Waals surface area contributed by atoms with E-state index in [2.05, 4.69) is 22.9 Å². The summed E-state index contributed by atoms with van der Waals surface area (Å²) in [7, 11) is -3.23. The van der Waals surface area contributed by atoms with Crippen molar-refractivity contribution >= 4 is 55.1 Å². The van der Waals surface area contributed by atoms with Crippen molar-refractivity contribution in [2.24, 2.45) is 0 Å². The van der Waals surface area contributed by atoms with E-state index >= 15 is 0 Å². The third-order valence-electron chi connectivity index (χ3n) is 2.18.